The van der Waals surface area contributed by atoms with E-state index in [9.17, 15) is 4.79 Å². The van der Waals surface area contributed by atoms with Gasteiger partial charge in [-0.2, -0.15) is 0 Å². The zero-order chi connectivity index (χ0) is 15.0. The van der Waals surface area contributed by atoms with Gasteiger partial charge in [0.1, 0.15) is 5.69 Å². The molecular formula is C15H23ClN4O. The molecule has 2 aliphatic heterocycles. The quantitative estimate of drug-likeness (QED) is 0.896. The van der Waals surface area contributed by atoms with Crippen LogP contribution in [-0.2, 0) is 7.05 Å². The number of nitrogens with zero attached hydrogens (tertiary/aromatic N) is 3. The number of hydrogen-bond acceptors (Lipinski definition) is 3. The smallest absolute Gasteiger partial charge is 0.270 e. The van der Waals surface area contributed by atoms with Crippen molar-refractivity contribution in [3.05, 3.63) is 23.0 Å². The van der Waals surface area contributed by atoms with Gasteiger partial charge in [0.15, 0.2) is 0 Å². The number of aromatic nitrogens is 1. The average Bonchev–Trinajstić information content (AvgIpc) is 3.06. The highest BCUT2D eigenvalue weighted by molar-refractivity contribution is 6.31. The maximum absolute atomic E-state index is 12.6. The highest BCUT2D eigenvalue weighted by Crippen LogP contribution is 2.22. The Hall–Kier alpha value is -1.04. The van der Waals surface area contributed by atoms with Crippen LogP contribution >= 0.6 is 11.6 Å². The molecule has 0 aliphatic carbocycles. The summed E-state index contributed by atoms with van der Waals surface area (Å²) in [4.78, 5) is 17.0. The second kappa shape index (κ2) is 5.99. The lowest BCUT2D eigenvalue weighted by atomic mass is 10.0. The summed E-state index contributed by atoms with van der Waals surface area (Å²) < 4.78 is 1.80. The summed E-state index contributed by atoms with van der Waals surface area (Å²) in [6.45, 7) is 3.76. The van der Waals surface area contributed by atoms with Crippen molar-refractivity contribution in [2.24, 2.45) is 12.8 Å². The van der Waals surface area contributed by atoms with E-state index in [1.54, 1.807) is 16.8 Å². The highest BCUT2D eigenvalue weighted by atomic mass is 35.5. The van der Waals surface area contributed by atoms with Gasteiger partial charge >= 0.3 is 0 Å². The molecular weight excluding hydrogens is 288 g/mol. The SMILES string of the molecule is Cn1cc(Cl)cc1C(=O)N1CCC(N2CCC(N)CC2)C1. The fraction of sp³-hybridized carbons (Fsp3) is 0.667. The van der Waals surface area contributed by atoms with Crippen molar-refractivity contribution in [1.82, 2.24) is 14.4 Å². The van der Waals surface area contributed by atoms with Crippen LogP contribution in [0.4, 0.5) is 0 Å². The van der Waals surface area contributed by atoms with Crippen LogP contribution in [0.25, 0.3) is 0 Å². The molecule has 1 aromatic heterocycles. The number of nitrogens with two attached hydrogens (primary N) is 1. The Morgan fingerprint density at radius 1 is 1.29 bits per heavy atom. The Balaban J connectivity index is 1.61. The predicted octanol–water partition coefficient (Wildman–Crippen LogP) is 1.32. The molecule has 1 aromatic rings. The zero-order valence-electron chi connectivity index (χ0n) is 12.5. The van der Waals surface area contributed by atoms with Crippen molar-refractivity contribution in [2.45, 2.75) is 31.3 Å². The summed E-state index contributed by atoms with van der Waals surface area (Å²) in [6, 6.07) is 2.58. The van der Waals surface area contributed by atoms with E-state index in [1.807, 2.05) is 11.9 Å². The molecule has 5 nitrogen and oxygen atoms in total. The largest absolute Gasteiger partial charge is 0.345 e. The minimum absolute atomic E-state index is 0.0839. The first-order valence-corrected chi connectivity index (χ1v) is 8.03. The topological polar surface area (TPSA) is 54.5 Å². The van der Waals surface area contributed by atoms with Gasteiger partial charge in [-0.25, -0.2) is 0 Å². The molecule has 2 fully saturated rings. The fourth-order valence-electron chi connectivity index (χ4n) is 3.41. The summed E-state index contributed by atoms with van der Waals surface area (Å²) in [5.74, 6) is 0.0839. The molecule has 1 amide bonds. The van der Waals surface area contributed by atoms with Gasteiger partial charge in [0.25, 0.3) is 5.91 Å². The summed E-state index contributed by atoms with van der Waals surface area (Å²) in [5, 5.41) is 0.613. The number of carbonyl (C=O) groups is 1. The lowest BCUT2D eigenvalue weighted by Gasteiger charge is -2.34. The maximum Gasteiger partial charge on any atom is 0.270 e. The Morgan fingerprint density at radius 2 is 2.00 bits per heavy atom. The van der Waals surface area contributed by atoms with Gasteiger partial charge in [-0.05, 0) is 38.4 Å². The minimum Gasteiger partial charge on any atom is -0.345 e. The monoisotopic (exact) mass is 310 g/mol. The number of piperidine rings is 1. The first-order chi connectivity index (χ1) is 10.0. The van der Waals surface area contributed by atoms with Crippen molar-refractivity contribution < 1.29 is 4.79 Å². The summed E-state index contributed by atoms with van der Waals surface area (Å²) in [5.41, 5.74) is 6.63. The van der Waals surface area contributed by atoms with Gasteiger partial charge in [-0.3, -0.25) is 9.69 Å². The van der Waals surface area contributed by atoms with Crippen LogP contribution in [0.3, 0.4) is 0 Å². The van der Waals surface area contributed by atoms with Gasteiger partial charge in [-0.15, -0.1) is 0 Å². The molecule has 21 heavy (non-hydrogen) atoms. The van der Waals surface area contributed by atoms with E-state index >= 15 is 0 Å². The zero-order valence-corrected chi connectivity index (χ0v) is 13.2. The van der Waals surface area contributed by atoms with E-state index in [1.165, 1.54) is 0 Å². The second-order valence-corrected chi connectivity index (χ2v) is 6.66. The Morgan fingerprint density at radius 3 is 2.62 bits per heavy atom. The third-order valence-electron chi connectivity index (χ3n) is 4.73. The molecule has 2 aliphatic rings. The van der Waals surface area contributed by atoms with E-state index in [2.05, 4.69) is 4.90 Å². The third-order valence-corrected chi connectivity index (χ3v) is 4.94. The molecule has 0 aromatic carbocycles. The molecule has 0 spiro atoms. The average molecular weight is 311 g/mol. The number of hydrogen-bond donors (Lipinski definition) is 1. The molecule has 3 heterocycles. The van der Waals surface area contributed by atoms with Crippen LogP contribution in [0.15, 0.2) is 12.3 Å². The maximum atomic E-state index is 12.6. The van der Waals surface area contributed by atoms with Crippen molar-refractivity contribution in [2.75, 3.05) is 26.2 Å². The van der Waals surface area contributed by atoms with Crippen molar-refractivity contribution in [3.63, 3.8) is 0 Å². The van der Waals surface area contributed by atoms with Gasteiger partial charge in [0.05, 0.1) is 5.02 Å². The van der Waals surface area contributed by atoms with Crippen LogP contribution in [0.5, 0.6) is 0 Å². The predicted molar refractivity (Wildman–Crippen MR) is 83.5 cm³/mol. The van der Waals surface area contributed by atoms with Crippen LogP contribution in [-0.4, -0.2) is 58.5 Å². The molecule has 0 radical (unpaired) electrons. The summed E-state index contributed by atoms with van der Waals surface area (Å²) >= 11 is 5.97. The van der Waals surface area contributed by atoms with Crippen LogP contribution in [0, 0.1) is 0 Å². The van der Waals surface area contributed by atoms with Gasteiger partial charge in [-0.1, -0.05) is 11.6 Å². The molecule has 2 N–H and O–H groups in total. The summed E-state index contributed by atoms with van der Waals surface area (Å²) in [7, 11) is 1.86. The number of aryl methyl sites for hydroxylation is 1. The lowest BCUT2D eigenvalue weighted by Crippen LogP contribution is -2.46. The van der Waals surface area contributed by atoms with Crippen LogP contribution in [0.2, 0.25) is 5.02 Å². The Labute approximate surface area is 130 Å². The number of amides is 1. The van der Waals surface area contributed by atoms with E-state index < -0.39 is 0 Å². The molecule has 6 heteroatoms. The highest BCUT2D eigenvalue weighted by Gasteiger charge is 2.33. The van der Waals surface area contributed by atoms with E-state index in [0.717, 1.165) is 45.4 Å². The second-order valence-electron chi connectivity index (χ2n) is 6.22. The lowest BCUT2D eigenvalue weighted by molar-refractivity contribution is 0.0760. The molecule has 2 saturated heterocycles. The fourth-order valence-corrected chi connectivity index (χ4v) is 3.66. The summed E-state index contributed by atoms with van der Waals surface area (Å²) in [6.07, 6.45) is 4.96. The van der Waals surface area contributed by atoms with Gasteiger partial charge in [0.2, 0.25) is 0 Å². The van der Waals surface area contributed by atoms with Gasteiger partial charge < -0.3 is 15.2 Å². The van der Waals surface area contributed by atoms with Crippen LogP contribution in [0.1, 0.15) is 29.8 Å². The number of carbonyl (C=O) groups excluding carboxylic acids is 1. The first kappa shape index (κ1) is 14.9. The van der Waals surface area contributed by atoms with Crippen molar-refractivity contribution in [3.8, 4) is 0 Å². The number of halogens is 1. The molecule has 0 bridgehead atoms. The molecule has 1 unspecified atom stereocenters. The molecule has 116 valence electrons. The van der Waals surface area contributed by atoms with E-state index in [4.69, 9.17) is 17.3 Å². The van der Waals surface area contributed by atoms with E-state index in [0.29, 0.717) is 22.8 Å². The normalized spacial score (nSPS) is 24.7. The Bertz CT molecular complexity index is 522. The third kappa shape index (κ3) is 3.10. The van der Waals surface area contributed by atoms with E-state index in [-0.39, 0.29) is 5.91 Å². The van der Waals surface area contributed by atoms with Crippen LogP contribution < -0.4 is 5.73 Å². The minimum atomic E-state index is 0.0839. The molecule has 1 atom stereocenters. The van der Waals surface area contributed by atoms with Crippen molar-refractivity contribution >= 4 is 17.5 Å². The number of rotatable bonds is 2. The molecule has 0 saturated carbocycles. The molecule has 3 rings (SSSR count). The standard InChI is InChI=1S/C15H23ClN4O/c1-18-9-11(16)8-14(18)15(21)20-7-4-13(10-20)19-5-2-12(17)3-6-19/h8-9,12-13H,2-7,10,17H2,1H3. The Kier molecular flexibility index (Phi) is 4.24. The van der Waals surface area contributed by atoms with Gasteiger partial charge in [0, 0.05) is 38.4 Å². The van der Waals surface area contributed by atoms with Crippen molar-refractivity contribution in [1.29, 1.82) is 0 Å². The first-order valence-electron chi connectivity index (χ1n) is 7.65. The number of likely N-dealkylation sites (tertiary alicyclic amines) is 2.